The molecule has 0 saturated heterocycles. The molecule has 0 radical (unpaired) electrons. The zero-order valence-electron chi connectivity index (χ0n) is 14.7. The summed E-state index contributed by atoms with van der Waals surface area (Å²) in [7, 11) is 0. The van der Waals surface area contributed by atoms with Crippen LogP contribution in [-0.4, -0.2) is 21.9 Å². The van der Waals surface area contributed by atoms with Crippen molar-refractivity contribution in [2.45, 2.75) is 6.92 Å². The van der Waals surface area contributed by atoms with E-state index in [1.54, 1.807) is 31.5 Å². The van der Waals surface area contributed by atoms with Gasteiger partial charge in [0.15, 0.2) is 5.82 Å². The zero-order valence-corrected chi connectivity index (χ0v) is 14.7. The number of hydrazine groups is 1. The number of hydrogen-bond acceptors (Lipinski definition) is 4. The number of anilines is 1. The van der Waals surface area contributed by atoms with E-state index < -0.39 is 23.6 Å². The number of pyridine rings is 2. The zero-order chi connectivity index (χ0) is 20.3. The molecule has 0 fully saturated rings. The molecule has 0 bridgehead atoms. The molecule has 0 atom stereocenters. The third kappa shape index (κ3) is 3.93. The van der Waals surface area contributed by atoms with Gasteiger partial charge in [0.2, 0.25) is 0 Å². The Morgan fingerprint density at radius 1 is 1.14 bits per heavy atom. The molecular formula is C19H15F2N5O2. The van der Waals surface area contributed by atoms with Crippen molar-refractivity contribution in [3.8, 4) is 11.3 Å². The monoisotopic (exact) mass is 383 g/mol. The first-order chi connectivity index (χ1) is 13.4. The summed E-state index contributed by atoms with van der Waals surface area (Å²) in [5.74, 6) is -2.65. The minimum atomic E-state index is -1.09. The molecule has 3 amide bonds. The van der Waals surface area contributed by atoms with Crippen molar-refractivity contribution in [1.29, 1.82) is 0 Å². The highest BCUT2D eigenvalue weighted by atomic mass is 19.1. The maximum atomic E-state index is 14.2. The maximum absolute atomic E-state index is 14.2. The fourth-order valence-electron chi connectivity index (χ4n) is 2.58. The number of rotatable bonds is 3. The number of carbonyl (C=O) groups is 2. The lowest BCUT2D eigenvalue weighted by molar-refractivity contribution is 0.0974. The van der Waals surface area contributed by atoms with Crippen molar-refractivity contribution in [1.82, 2.24) is 15.4 Å². The second-order valence-corrected chi connectivity index (χ2v) is 5.78. The van der Waals surface area contributed by atoms with E-state index in [1.165, 1.54) is 6.07 Å². The van der Waals surface area contributed by atoms with Crippen molar-refractivity contribution < 1.29 is 18.4 Å². The summed E-state index contributed by atoms with van der Waals surface area (Å²) >= 11 is 0. The number of nitrogens with two attached hydrogens (primary N) is 1. The van der Waals surface area contributed by atoms with Crippen LogP contribution in [-0.2, 0) is 0 Å². The molecule has 142 valence electrons. The van der Waals surface area contributed by atoms with Crippen LogP contribution >= 0.6 is 0 Å². The lowest BCUT2D eigenvalue weighted by atomic mass is 10.1. The highest BCUT2D eigenvalue weighted by Gasteiger charge is 2.24. The van der Waals surface area contributed by atoms with Gasteiger partial charge in [-0.15, -0.1) is 0 Å². The third-order valence-corrected chi connectivity index (χ3v) is 3.85. The Balaban J connectivity index is 2.00. The molecule has 9 heteroatoms. The van der Waals surface area contributed by atoms with E-state index in [2.05, 4.69) is 15.4 Å². The molecule has 0 spiro atoms. The molecule has 3 aromatic rings. The summed E-state index contributed by atoms with van der Waals surface area (Å²) in [4.78, 5) is 32.6. The van der Waals surface area contributed by atoms with E-state index in [9.17, 15) is 18.4 Å². The number of urea groups is 1. The molecule has 0 aliphatic rings. The van der Waals surface area contributed by atoms with Gasteiger partial charge >= 0.3 is 6.03 Å². The number of amides is 3. The fraction of sp³-hybridized carbons (Fsp3) is 0.0526. The number of primary amides is 1. The van der Waals surface area contributed by atoms with Crippen LogP contribution in [0.5, 0.6) is 0 Å². The van der Waals surface area contributed by atoms with Gasteiger partial charge in [-0.3, -0.25) is 14.8 Å². The highest BCUT2D eigenvalue weighted by molar-refractivity contribution is 6.08. The van der Waals surface area contributed by atoms with E-state index in [0.29, 0.717) is 22.5 Å². The Bertz CT molecular complexity index is 1040. The van der Waals surface area contributed by atoms with Crippen LogP contribution in [0.2, 0.25) is 0 Å². The number of benzene rings is 1. The van der Waals surface area contributed by atoms with Crippen LogP contribution in [0, 0.1) is 18.6 Å². The van der Waals surface area contributed by atoms with Crippen molar-refractivity contribution in [3.63, 3.8) is 0 Å². The van der Waals surface area contributed by atoms with Crippen LogP contribution in [0.3, 0.4) is 0 Å². The average Bonchev–Trinajstić information content (AvgIpc) is 2.66. The van der Waals surface area contributed by atoms with Crippen LogP contribution in [0.15, 0.2) is 54.9 Å². The minimum absolute atomic E-state index is 0.102. The maximum Gasteiger partial charge on any atom is 0.331 e. The highest BCUT2D eigenvalue weighted by Crippen LogP contribution is 2.23. The molecule has 0 aliphatic carbocycles. The number of carbonyl (C=O) groups excluding carboxylic acids is 2. The van der Waals surface area contributed by atoms with Gasteiger partial charge in [-0.25, -0.2) is 24.0 Å². The number of nitrogens with zero attached hydrogens (tertiary/aromatic N) is 3. The third-order valence-electron chi connectivity index (χ3n) is 3.85. The van der Waals surface area contributed by atoms with Gasteiger partial charge < -0.3 is 5.73 Å². The van der Waals surface area contributed by atoms with Gasteiger partial charge in [0.05, 0.1) is 17.0 Å². The Hall–Kier alpha value is -3.88. The molecule has 0 saturated carbocycles. The van der Waals surface area contributed by atoms with Crippen LogP contribution < -0.4 is 16.2 Å². The SMILES string of the molecule is Cc1nc(-c2cccnc2)ccc1C(=O)N(NC(N)=O)c1ccc(F)cc1F. The van der Waals surface area contributed by atoms with Crippen LogP contribution in [0.4, 0.5) is 19.3 Å². The summed E-state index contributed by atoms with van der Waals surface area (Å²) in [6.45, 7) is 1.59. The largest absolute Gasteiger partial charge is 0.350 e. The van der Waals surface area contributed by atoms with Gasteiger partial charge in [0.25, 0.3) is 5.91 Å². The molecule has 7 nitrogen and oxygen atoms in total. The molecule has 0 aliphatic heterocycles. The van der Waals surface area contributed by atoms with Crippen molar-refractivity contribution in [2.75, 3.05) is 5.01 Å². The Morgan fingerprint density at radius 2 is 1.93 bits per heavy atom. The number of aryl methyl sites for hydroxylation is 1. The first-order valence-corrected chi connectivity index (χ1v) is 8.10. The smallest absolute Gasteiger partial charge is 0.331 e. The van der Waals surface area contributed by atoms with E-state index in [1.807, 2.05) is 6.07 Å². The second-order valence-electron chi connectivity index (χ2n) is 5.78. The lowest BCUT2D eigenvalue weighted by Gasteiger charge is -2.23. The predicted octanol–water partition coefficient (Wildman–Crippen LogP) is 2.96. The molecule has 0 unspecified atom stereocenters. The minimum Gasteiger partial charge on any atom is -0.350 e. The van der Waals surface area contributed by atoms with Crippen molar-refractivity contribution in [2.24, 2.45) is 5.73 Å². The average molecular weight is 383 g/mol. The Morgan fingerprint density at radius 3 is 2.54 bits per heavy atom. The lowest BCUT2D eigenvalue weighted by Crippen LogP contribution is -2.49. The number of nitrogens with one attached hydrogen (secondary N) is 1. The first kappa shape index (κ1) is 18.9. The van der Waals surface area contributed by atoms with E-state index in [0.717, 1.165) is 17.7 Å². The van der Waals surface area contributed by atoms with Gasteiger partial charge in [-0.2, -0.15) is 0 Å². The number of hydrogen-bond donors (Lipinski definition) is 2. The van der Waals surface area contributed by atoms with Crippen LogP contribution in [0.25, 0.3) is 11.3 Å². The fourth-order valence-corrected chi connectivity index (χ4v) is 2.58. The Kier molecular flexibility index (Phi) is 5.25. The van der Waals surface area contributed by atoms with Gasteiger partial charge in [-0.05, 0) is 43.3 Å². The molecule has 2 heterocycles. The molecule has 3 N–H and O–H groups in total. The van der Waals surface area contributed by atoms with Gasteiger partial charge in [0.1, 0.15) is 11.5 Å². The molecular weight excluding hydrogens is 368 g/mol. The standard InChI is InChI=1S/C19H15F2N5O2/c1-11-14(5-6-16(24-11)12-3-2-8-23-10-12)18(27)26(25-19(22)28)17-7-4-13(20)9-15(17)21/h2-10H,1H3,(H3,22,25,28). The molecule has 1 aromatic carbocycles. The second kappa shape index (κ2) is 7.78. The van der Waals surface area contributed by atoms with Gasteiger partial charge in [-0.1, -0.05) is 0 Å². The summed E-state index contributed by atoms with van der Waals surface area (Å²) in [6.07, 6.45) is 3.25. The summed E-state index contributed by atoms with van der Waals surface area (Å²) < 4.78 is 27.4. The van der Waals surface area contributed by atoms with Gasteiger partial charge in [0, 0.05) is 24.0 Å². The van der Waals surface area contributed by atoms with Crippen LogP contribution in [0.1, 0.15) is 16.1 Å². The van der Waals surface area contributed by atoms with E-state index in [-0.39, 0.29) is 11.3 Å². The summed E-state index contributed by atoms with van der Waals surface area (Å²) in [5.41, 5.74) is 8.57. The molecule has 28 heavy (non-hydrogen) atoms. The van der Waals surface area contributed by atoms with E-state index >= 15 is 0 Å². The number of aromatic nitrogens is 2. The molecule has 3 rings (SSSR count). The predicted molar refractivity (Wildman–Crippen MR) is 98.1 cm³/mol. The first-order valence-electron chi connectivity index (χ1n) is 8.10. The summed E-state index contributed by atoms with van der Waals surface area (Å²) in [6, 6.07) is 8.13. The van der Waals surface area contributed by atoms with E-state index in [4.69, 9.17) is 5.73 Å². The quantitative estimate of drug-likeness (QED) is 0.679. The Labute approximate surface area is 158 Å². The normalized spacial score (nSPS) is 10.4. The molecule has 2 aromatic heterocycles. The van der Waals surface area contributed by atoms with Crippen molar-refractivity contribution >= 4 is 17.6 Å². The number of halogens is 2. The van der Waals surface area contributed by atoms with Crippen molar-refractivity contribution in [3.05, 3.63) is 77.8 Å². The summed E-state index contributed by atoms with van der Waals surface area (Å²) in [5, 5.41) is 0.616. The topological polar surface area (TPSA) is 101 Å².